The number of quaternary nitrogens is 1. The summed E-state index contributed by atoms with van der Waals surface area (Å²) in [7, 11) is 4.23. The smallest absolute Gasteiger partial charge is 0.166 e. The molecule has 0 radical (unpaired) electrons. The van der Waals surface area contributed by atoms with Gasteiger partial charge in [0.2, 0.25) is 0 Å². The number of hydrogen-bond donors (Lipinski definition) is 3. The molecule has 0 saturated heterocycles. The number of hydrogen-bond acceptors (Lipinski definition) is 1. The molecule has 1 aromatic carbocycles. The van der Waals surface area contributed by atoms with Gasteiger partial charge in [0.25, 0.3) is 0 Å². The largest absolute Gasteiger partial charge is 0.359 e. The van der Waals surface area contributed by atoms with E-state index in [4.69, 9.17) is 23.8 Å². The highest BCUT2D eigenvalue weighted by molar-refractivity contribution is 7.80. The highest BCUT2D eigenvalue weighted by Gasteiger charge is 2.00. The monoisotopic (exact) mass is 272 g/mol. The Morgan fingerprint density at radius 3 is 2.65 bits per heavy atom. The zero-order valence-electron chi connectivity index (χ0n) is 10.2. The molecule has 0 aliphatic heterocycles. The Kier molecular flexibility index (Phi) is 6.26. The van der Waals surface area contributed by atoms with Crippen LogP contribution < -0.4 is 15.5 Å². The molecular formula is C12H19ClN3S+. The van der Waals surface area contributed by atoms with E-state index in [1.807, 2.05) is 24.3 Å². The molecule has 0 aliphatic carbocycles. The van der Waals surface area contributed by atoms with Crippen molar-refractivity contribution in [3.8, 4) is 0 Å². The molecule has 0 aromatic heterocycles. The second kappa shape index (κ2) is 7.48. The molecule has 0 aliphatic rings. The third-order valence-electron chi connectivity index (χ3n) is 2.31. The summed E-state index contributed by atoms with van der Waals surface area (Å²) >= 11 is 11.2. The third kappa shape index (κ3) is 5.86. The number of nitrogens with one attached hydrogen (secondary N) is 3. The lowest BCUT2D eigenvalue weighted by atomic mass is 10.2. The first-order chi connectivity index (χ1) is 8.09. The number of halogens is 1. The molecule has 3 N–H and O–H groups in total. The lowest BCUT2D eigenvalue weighted by molar-refractivity contribution is -0.856. The van der Waals surface area contributed by atoms with E-state index in [1.165, 1.54) is 4.90 Å². The van der Waals surface area contributed by atoms with Crippen molar-refractivity contribution in [3.05, 3.63) is 34.9 Å². The van der Waals surface area contributed by atoms with E-state index in [9.17, 15) is 0 Å². The molecule has 0 bridgehead atoms. The summed E-state index contributed by atoms with van der Waals surface area (Å²) in [5.74, 6) is 0. The van der Waals surface area contributed by atoms with Crippen LogP contribution in [-0.4, -0.2) is 32.3 Å². The van der Waals surface area contributed by atoms with E-state index in [1.54, 1.807) is 0 Å². The van der Waals surface area contributed by atoms with Gasteiger partial charge in [-0.15, -0.1) is 0 Å². The maximum absolute atomic E-state index is 6.05. The number of thiocarbonyl (C=S) groups is 1. The van der Waals surface area contributed by atoms with Gasteiger partial charge in [-0.05, 0) is 23.8 Å². The quantitative estimate of drug-likeness (QED) is 0.680. The van der Waals surface area contributed by atoms with Crippen LogP contribution in [0, 0.1) is 0 Å². The van der Waals surface area contributed by atoms with Crippen LogP contribution in [0.25, 0.3) is 0 Å². The lowest BCUT2D eigenvalue weighted by Gasteiger charge is -2.12. The Morgan fingerprint density at radius 2 is 2.00 bits per heavy atom. The molecular weight excluding hydrogens is 254 g/mol. The number of likely N-dealkylation sites (N-methyl/N-ethyl adjacent to an activating group) is 1. The highest BCUT2D eigenvalue weighted by atomic mass is 35.5. The van der Waals surface area contributed by atoms with E-state index < -0.39 is 0 Å². The number of rotatable bonds is 5. The van der Waals surface area contributed by atoms with Crippen molar-refractivity contribution >= 4 is 28.9 Å². The third-order valence-corrected chi connectivity index (χ3v) is 2.97. The van der Waals surface area contributed by atoms with Gasteiger partial charge in [0.1, 0.15) is 0 Å². The van der Waals surface area contributed by atoms with E-state index in [0.717, 1.165) is 23.7 Å². The van der Waals surface area contributed by atoms with Crippen LogP contribution in [0.4, 0.5) is 0 Å². The van der Waals surface area contributed by atoms with Gasteiger partial charge in [-0.25, -0.2) is 0 Å². The SMILES string of the molecule is C[NH+](C)CCNC(=S)NCc1ccccc1Cl. The molecule has 3 nitrogen and oxygen atoms in total. The van der Waals surface area contributed by atoms with Gasteiger partial charge >= 0.3 is 0 Å². The minimum absolute atomic E-state index is 0.653. The minimum atomic E-state index is 0.653. The van der Waals surface area contributed by atoms with Gasteiger partial charge < -0.3 is 15.5 Å². The van der Waals surface area contributed by atoms with Crippen LogP contribution in [-0.2, 0) is 6.54 Å². The van der Waals surface area contributed by atoms with E-state index in [2.05, 4.69) is 24.7 Å². The summed E-state index contributed by atoms with van der Waals surface area (Å²) in [4.78, 5) is 1.39. The summed E-state index contributed by atoms with van der Waals surface area (Å²) in [6.45, 7) is 2.56. The fourth-order valence-corrected chi connectivity index (χ4v) is 1.68. The first kappa shape index (κ1) is 14.2. The Bertz CT molecular complexity index is 369. The summed E-state index contributed by atoms with van der Waals surface area (Å²) in [5, 5.41) is 7.74. The van der Waals surface area contributed by atoms with Crippen LogP contribution in [0.1, 0.15) is 5.56 Å². The summed E-state index contributed by atoms with van der Waals surface area (Å²) < 4.78 is 0. The van der Waals surface area contributed by atoms with Crippen LogP contribution in [0.5, 0.6) is 0 Å². The van der Waals surface area contributed by atoms with Crippen molar-refractivity contribution in [2.45, 2.75) is 6.54 Å². The molecule has 0 amide bonds. The zero-order valence-corrected chi connectivity index (χ0v) is 11.8. The second-order valence-electron chi connectivity index (χ2n) is 4.16. The van der Waals surface area contributed by atoms with Crippen LogP contribution in [0.3, 0.4) is 0 Å². The normalized spacial score (nSPS) is 10.4. The molecule has 0 fully saturated rings. The van der Waals surface area contributed by atoms with Gasteiger partial charge in [-0.2, -0.15) is 0 Å². The topological polar surface area (TPSA) is 28.5 Å². The first-order valence-electron chi connectivity index (χ1n) is 5.63. The van der Waals surface area contributed by atoms with Crippen molar-refractivity contribution in [3.63, 3.8) is 0 Å². The van der Waals surface area contributed by atoms with Crippen molar-refractivity contribution < 1.29 is 4.90 Å². The molecule has 94 valence electrons. The molecule has 0 spiro atoms. The van der Waals surface area contributed by atoms with Gasteiger partial charge in [0.05, 0.1) is 27.2 Å². The Balaban J connectivity index is 2.26. The van der Waals surface area contributed by atoms with Gasteiger partial charge in [0.15, 0.2) is 5.11 Å². The van der Waals surface area contributed by atoms with Crippen LogP contribution in [0.2, 0.25) is 5.02 Å². The molecule has 1 aromatic rings. The standard InChI is InChI=1S/C12H18ClN3S/c1-16(2)8-7-14-12(17)15-9-10-5-3-4-6-11(10)13/h3-6H,7-9H2,1-2H3,(H2,14,15,17)/p+1. The first-order valence-corrected chi connectivity index (χ1v) is 6.42. The van der Waals surface area contributed by atoms with Crippen molar-refractivity contribution in [1.29, 1.82) is 0 Å². The van der Waals surface area contributed by atoms with Crippen molar-refractivity contribution in [2.75, 3.05) is 27.2 Å². The molecule has 0 heterocycles. The van der Waals surface area contributed by atoms with Crippen molar-refractivity contribution in [1.82, 2.24) is 10.6 Å². The molecule has 1 rings (SSSR count). The van der Waals surface area contributed by atoms with Gasteiger partial charge in [0, 0.05) is 11.6 Å². The fraction of sp³-hybridized carbons (Fsp3) is 0.417. The molecule has 0 saturated carbocycles. The molecule has 0 unspecified atom stereocenters. The summed E-state index contributed by atoms with van der Waals surface area (Å²) in [6.07, 6.45) is 0. The Labute approximate surface area is 113 Å². The molecule has 17 heavy (non-hydrogen) atoms. The lowest BCUT2D eigenvalue weighted by Crippen LogP contribution is -3.06. The highest BCUT2D eigenvalue weighted by Crippen LogP contribution is 2.13. The Morgan fingerprint density at radius 1 is 1.29 bits per heavy atom. The predicted octanol–water partition coefficient (Wildman–Crippen LogP) is 0.449. The zero-order chi connectivity index (χ0) is 12.7. The van der Waals surface area contributed by atoms with Crippen molar-refractivity contribution in [2.24, 2.45) is 0 Å². The second-order valence-corrected chi connectivity index (χ2v) is 4.97. The average Bonchev–Trinajstić information content (AvgIpc) is 2.27. The van der Waals surface area contributed by atoms with Crippen LogP contribution in [0.15, 0.2) is 24.3 Å². The van der Waals surface area contributed by atoms with E-state index in [0.29, 0.717) is 11.7 Å². The van der Waals surface area contributed by atoms with Crippen LogP contribution >= 0.6 is 23.8 Å². The van der Waals surface area contributed by atoms with Gasteiger partial charge in [-0.1, -0.05) is 29.8 Å². The minimum Gasteiger partial charge on any atom is -0.359 e. The van der Waals surface area contributed by atoms with E-state index in [-0.39, 0.29) is 0 Å². The average molecular weight is 273 g/mol. The fourth-order valence-electron chi connectivity index (χ4n) is 1.31. The molecule has 0 atom stereocenters. The predicted molar refractivity (Wildman–Crippen MR) is 76.6 cm³/mol. The molecule has 5 heteroatoms. The van der Waals surface area contributed by atoms with Gasteiger partial charge in [-0.3, -0.25) is 0 Å². The summed E-state index contributed by atoms with van der Waals surface area (Å²) in [6, 6.07) is 7.75. The Hall–Kier alpha value is -0.840. The number of benzene rings is 1. The summed E-state index contributed by atoms with van der Waals surface area (Å²) in [5.41, 5.74) is 1.05. The van der Waals surface area contributed by atoms with E-state index >= 15 is 0 Å². The maximum atomic E-state index is 6.05. The maximum Gasteiger partial charge on any atom is 0.166 e.